The summed E-state index contributed by atoms with van der Waals surface area (Å²) in [6, 6.07) is 13.0. The van der Waals surface area contributed by atoms with Gasteiger partial charge in [0, 0.05) is 21.0 Å². The summed E-state index contributed by atoms with van der Waals surface area (Å²) in [5.74, 6) is 0.321. The Balaban J connectivity index is 1.87. The van der Waals surface area contributed by atoms with Crippen LogP contribution in [0.5, 0.6) is 0 Å². The van der Waals surface area contributed by atoms with E-state index in [0.717, 1.165) is 20.3 Å². The minimum Gasteiger partial charge on any atom is -0.207 e. The van der Waals surface area contributed by atoms with Gasteiger partial charge in [-0.05, 0) is 17.7 Å². The Labute approximate surface area is 128 Å². The molecule has 0 aliphatic heterocycles. The topological polar surface area (TPSA) is 25.8 Å². The number of benzene rings is 2. The van der Waals surface area contributed by atoms with E-state index in [1.807, 2.05) is 30.3 Å². The maximum Gasteiger partial charge on any atom is 0.128 e. The molecule has 1 aromatic heterocycles. The van der Waals surface area contributed by atoms with E-state index in [2.05, 4.69) is 26.1 Å². The summed E-state index contributed by atoms with van der Waals surface area (Å²) >= 11 is 4.75. The number of hydrogen-bond acceptors (Lipinski definition) is 3. The first-order valence-corrected chi connectivity index (χ1v) is 7.79. The minimum absolute atomic E-state index is 0.208. The highest BCUT2D eigenvalue weighted by molar-refractivity contribution is 9.10. The lowest BCUT2D eigenvalue weighted by molar-refractivity contribution is 0.616. The van der Waals surface area contributed by atoms with Crippen molar-refractivity contribution in [2.45, 2.75) is 10.8 Å². The number of nitrogens with zero attached hydrogens (tertiary/aromatic N) is 2. The van der Waals surface area contributed by atoms with Crippen molar-refractivity contribution in [1.29, 1.82) is 0 Å². The van der Waals surface area contributed by atoms with Crippen LogP contribution in [0.1, 0.15) is 5.56 Å². The summed E-state index contributed by atoms with van der Waals surface area (Å²) in [7, 11) is 0. The van der Waals surface area contributed by atoms with Crippen LogP contribution in [0.4, 0.5) is 4.39 Å². The molecule has 0 bridgehead atoms. The van der Waals surface area contributed by atoms with E-state index >= 15 is 0 Å². The molecular weight excluding hydrogens is 339 g/mol. The van der Waals surface area contributed by atoms with Crippen LogP contribution in [0.2, 0.25) is 0 Å². The molecule has 0 unspecified atom stereocenters. The molecule has 3 aromatic rings. The monoisotopic (exact) mass is 348 g/mol. The summed E-state index contributed by atoms with van der Waals surface area (Å²) in [6.07, 6.45) is 1.74. The van der Waals surface area contributed by atoms with Crippen LogP contribution >= 0.6 is 27.7 Å². The molecule has 0 aliphatic rings. The van der Waals surface area contributed by atoms with Crippen molar-refractivity contribution in [3.63, 3.8) is 0 Å². The lowest BCUT2D eigenvalue weighted by Crippen LogP contribution is -1.91. The SMILES string of the molecule is Fc1cc(Br)ccc1CSc1nncc2ccccc12. The third-order valence-electron chi connectivity index (χ3n) is 2.92. The van der Waals surface area contributed by atoms with Gasteiger partial charge in [-0.2, -0.15) is 5.10 Å². The Morgan fingerprint density at radius 1 is 1.15 bits per heavy atom. The summed E-state index contributed by atoms with van der Waals surface area (Å²) < 4.78 is 14.5. The fourth-order valence-electron chi connectivity index (χ4n) is 1.89. The summed E-state index contributed by atoms with van der Waals surface area (Å²) in [5, 5.41) is 11.1. The molecule has 0 saturated heterocycles. The minimum atomic E-state index is -0.208. The third kappa shape index (κ3) is 2.83. The molecule has 0 fully saturated rings. The maximum absolute atomic E-state index is 13.8. The largest absolute Gasteiger partial charge is 0.207 e. The van der Waals surface area contributed by atoms with Crippen LogP contribution in [-0.2, 0) is 5.75 Å². The molecule has 0 saturated carbocycles. The van der Waals surface area contributed by atoms with E-state index in [0.29, 0.717) is 11.3 Å². The van der Waals surface area contributed by atoms with Gasteiger partial charge in [-0.1, -0.05) is 58.0 Å². The highest BCUT2D eigenvalue weighted by Crippen LogP contribution is 2.28. The lowest BCUT2D eigenvalue weighted by atomic mass is 10.2. The van der Waals surface area contributed by atoms with Gasteiger partial charge in [0.05, 0.1) is 6.20 Å². The van der Waals surface area contributed by atoms with Gasteiger partial charge < -0.3 is 0 Å². The molecule has 0 aliphatic carbocycles. The van der Waals surface area contributed by atoms with Crippen LogP contribution in [0.3, 0.4) is 0 Å². The molecule has 0 spiro atoms. The normalized spacial score (nSPS) is 10.9. The van der Waals surface area contributed by atoms with Gasteiger partial charge >= 0.3 is 0 Å². The molecule has 3 rings (SSSR count). The average Bonchev–Trinajstić information content (AvgIpc) is 2.46. The Morgan fingerprint density at radius 2 is 2.00 bits per heavy atom. The molecule has 5 heteroatoms. The number of rotatable bonds is 3. The highest BCUT2D eigenvalue weighted by atomic mass is 79.9. The molecule has 2 nitrogen and oxygen atoms in total. The fraction of sp³-hybridized carbons (Fsp3) is 0.0667. The van der Waals surface area contributed by atoms with Crippen LogP contribution in [0.15, 0.2) is 58.2 Å². The number of fused-ring (bicyclic) bond motifs is 1. The molecule has 0 radical (unpaired) electrons. The molecule has 20 heavy (non-hydrogen) atoms. The quantitative estimate of drug-likeness (QED) is 0.634. The van der Waals surface area contributed by atoms with Crippen molar-refractivity contribution in [3.05, 3.63) is 64.5 Å². The summed E-state index contributed by atoms with van der Waals surface area (Å²) in [5.41, 5.74) is 0.660. The lowest BCUT2D eigenvalue weighted by Gasteiger charge is -2.05. The van der Waals surface area contributed by atoms with Crippen LogP contribution in [0.25, 0.3) is 10.8 Å². The molecule has 0 atom stereocenters. The first kappa shape index (κ1) is 13.5. The van der Waals surface area contributed by atoms with E-state index in [4.69, 9.17) is 0 Å². The summed E-state index contributed by atoms with van der Waals surface area (Å²) in [4.78, 5) is 0. The zero-order valence-electron chi connectivity index (χ0n) is 10.4. The zero-order valence-corrected chi connectivity index (χ0v) is 12.8. The van der Waals surface area contributed by atoms with E-state index in [-0.39, 0.29) is 5.82 Å². The third-order valence-corrected chi connectivity index (χ3v) is 4.44. The number of hydrogen-bond donors (Lipinski definition) is 0. The molecule has 1 heterocycles. The van der Waals surface area contributed by atoms with Crippen molar-refractivity contribution in [2.75, 3.05) is 0 Å². The van der Waals surface area contributed by atoms with Gasteiger partial charge in [-0.25, -0.2) is 4.39 Å². The van der Waals surface area contributed by atoms with Crippen LogP contribution < -0.4 is 0 Å². The zero-order chi connectivity index (χ0) is 13.9. The Bertz CT molecular complexity index is 758. The number of aromatic nitrogens is 2. The average molecular weight is 349 g/mol. The van der Waals surface area contributed by atoms with E-state index in [1.165, 1.54) is 17.8 Å². The number of thioether (sulfide) groups is 1. The smallest absolute Gasteiger partial charge is 0.128 e. The second-order valence-corrected chi connectivity index (χ2v) is 6.14. The van der Waals surface area contributed by atoms with Crippen LogP contribution in [0, 0.1) is 5.82 Å². The summed E-state index contributed by atoms with van der Waals surface area (Å²) in [6.45, 7) is 0. The fourth-order valence-corrected chi connectivity index (χ4v) is 3.20. The molecule has 0 N–H and O–H groups in total. The molecule has 100 valence electrons. The van der Waals surface area contributed by atoms with Crippen molar-refractivity contribution in [2.24, 2.45) is 0 Å². The van der Waals surface area contributed by atoms with Gasteiger partial charge in [0.25, 0.3) is 0 Å². The van der Waals surface area contributed by atoms with Gasteiger partial charge in [0.15, 0.2) is 0 Å². The van der Waals surface area contributed by atoms with Crippen molar-refractivity contribution >= 4 is 38.5 Å². The van der Waals surface area contributed by atoms with E-state index in [1.54, 1.807) is 12.3 Å². The molecular formula is C15H10BrFN2S. The second kappa shape index (κ2) is 5.89. The predicted octanol–water partition coefficient (Wildman–Crippen LogP) is 4.82. The van der Waals surface area contributed by atoms with Crippen molar-refractivity contribution in [3.8, 4) is 0 Å². The first-order chi connectivity index (χ1) is 9.74. The van der Waals surface area contributed by atoms with E-state index < -0.39 is 0 Å². The Hall–Kier alpha value is -1.46. The maximum atomic E-state index is 13.8. The van der Waals surface area contributed by atoms with Gasteiger partial charge in [0.2, 0.25) is 0 Å². The Morgan fingerprint density at radius 3 is 2.85 bits per heavy atom. The molecule has 2 aromatic carbocycles. The van der Waals surface area contributed by atoms with E-state index in [9.17, 15) is 4.39 Å². The standard InChI is InChI=1S/C15H10BrFN2S/c16-12-6-5-11(14(17)7-12)9-20-15-13-4-2-1-3-10(13)8-18-19-15/h1-8H,9H2. The predicted molar refractivity (Wildman–Crippen MR) is 83.2 cm³/mol. The highest BCUT2D eigenvalue weighted by Gasteiger charge is 2.07. The van der Waals surface area contributed by atoms with Gasteiger partial charge in [-0.3, -0.25) is 0 Å². The van der Waals surface area contributed by atoms with Gasteiger partial charge in [0.1, 0.15) is 10.8 Å². The molecule has 0 amide bonds. The second-order valence-electron chi connectivity index (χ2n) is 4.26. The Kier molecular flexibility index (Phi) is 3.98. The van der Waals surface area contributed by atoms with Gasteiger partial charge in [-0.15, -0.1) is 5.10 Å². The van der Waals surface area contributed by atoms with Crippen molar-refractivity contribution < 1.29 is 4.39 Å². The van der Waals surface area contributed by atoms with Crippen molar-refractivity contribution in [1.82, 2.24) is 10.2 Å². The van der Waals surface area contributed by atoms with Crippen LogP contribution in [-0.4, -0.2) is 10.2 Å². The number of halogens is 2. The first-order valence-electron chi connectivity index (χ1n) is 6.01.